The number of hydrogen-bond acceptors (Lipinski definition) is 3. The standard InChI is InChI=1S/C12H16BrN3O2/c1-3-15-11(17)7-16(2)12(18)8-4-5-10(14)9(13)6-8/h4-6H,3,7,14H2,1-2H3,(H,15,17). The number of halogens is 1. The minimum atomic E-state index is -0.220. The lowest BCUT2D eigenvalue weighted by atomic mass is 10.2. The van der Waals surface area contributed by atoms with E-state index in [0.29, 0.717) is 22.3 Å². The first kappa shape index (κ1) is 14.5. The molecule has 0 saturated heterocycles. The first-order valence-electron chi connectivity index (χ1n) is 5.53. The molecule has 0 saturated carbocycles. The molecule has 0 aliphatic carbocycles. The van der Waals surface area contributed by atoms with Crippen molar-refractivity contribution in [3.05, 3.63) is 28.2 Å². The average molecular weight is 314 g/mol. The molecule has 18 heavy (non-hydrogen) atoms. The molecular weight excluding hydrogens is 298 g/mol. The van der Waals surface area contributed by atoms with Crippen LogP contribution in [0.3, 0.4) is 0 Å². The van der Waals surface area contributed by atoms with Gasteiger partial charge >= 0.3 is 0 Å². The summed E-state index contributed by atoms with van der Waals surface area (Å²) in [6.45, 7) is 2.42. The molecule has 0 fully saturated rings. The van der Waals surface area contributed by atoms with Crippen LogP contribution in [0.2, 0.25) is 0 Å². The van der Waals surface area contributed by atoms with E-state index in [2.05, 4.69) is 21.2 Å². The molecule has 2 amide bonds. The topological polar surface area (TPSA) is 75.4 Å². The number of nitrogen functional groups attached to an aromatic ring is 1. The Morgan fingerprint density at radius 3 is 2.67 bits per heavy atom. The molecule has 5 nitrogen and oxygen atoms in total. The van der Waals surface area contributed by atoms with E-state index in [1.54, 1.807) is 25.2 Å². The molecule has 98 valence electrons. The van der Waals surface area contributed by atoms with E-state index in [4.69, 9.17) is 5.73 Å². The predicted octanol–water partition coefficient (Wildman–Crippen LogP) is 1.24. The monoisotopic (exact) mass is 313 g/mol. The normalized spacial score (nSPS) is 9.94. The molecule has 0 heterocycles. The van der Waals surface area contributed by atoms with Crippen molar-refractivity contribution in [2.24, 2.45) is 0 Å². The quantitative estimate of drug-likeness (QED) is 0.821. The molecule has 0 aromatic heterocycles. The molecule has 0 bridgehead atoms. The highest BCUT2D eigenvalue weighted by molar-refractivity contribution is 9.10. The number of nitrogens with two attached hydrogens (primary N) is 1. The van der Waals surface area contributed by atoms with Crippen LogP contribution in [0.4, 0.5) is 5.69 Å². The fourth-order valence-electron chi connectivity index (χ4n) is 1.42. The lowest BCUT2D eigenvalue weighted by molar-refractivity contribution is -0.121. The van der Waals surface area contributed by atoms with Crippen molar-refractivity contribution in [1.82, 2.24) is 10.2 Å². The molecular formula is C12H16BrN3O2. The maximum atomic E-state index is 12.0. The van der Waals surface area contributed by atoms with Crippen molar-refractivity contribution < 1.29 is 9.59 Å². The van der Waals surface area contributed by atoms with Crippen LogP contribution in [0.15, 0.2) is 22.7 Å². The summed E-state index contributed by atoms with van der Waals surface area (Å²) in [5.74, 6) is -0.398. The molecule has 0 aliphatic rings. The van der Waals surface area contributed by atoms with Gasteiger partial charge in [-0.2, -0.15) is 0 Å². The minimum absolute atomic E-state index is 0.0364. The molecule has 0 spiro atoms. The van der Waals surface area contributed by atoms with Gasteiger partial charge in [-0.05, 0) is 41.1 Å². The summed E-state index contributed by atoms with van der Waals surface area (Å²) in [6, 6.07) is 4.93. The van der Waals surface area contributed by atoms with E-state index in [0.717, 1.165) is 0 Å². The molecule has 3 N–H and O–H groups in total. The molecule has 1 aromatic carbocycles. The van der Waals surface area contributed by atoms with Gasteiger partial charge in [0.15, 0.2) is 0 Å². The molecule has 6 heteroatoms. The minimum Gasteiger partial charge on any atom is -0.398 e. The SMILES string of the molecule is CCNC(=O)CN(C)C(=O)c1ccc(N)c(Br)c1. The Hall–Kier alpha value is -1.56. The number of rotatable bonds is 4. The third-order valence-electron chi connectivity index (χ3n) is 2.35. The number of anilines is 1. The van der Waals surface area contributed by atoms with Gasteiger partial charge in [0, 0.05) is 29.3 Å². The van der Waals surface area contributed by atoms with Crippen molar-refractivity contribution in [1.29, 1.82) is 0 Å². The Balaban J connectivity index is 2.74. The zero-order valence-corrected chi connectivity index (χ0v) is 12.0. The second-order valence-electron chi connectivity index (χ2n) is 3.85. The average Bonchev–Trinajstić information content (AvgIpc) is 2.32. The molecule has 0 atom stereocenters. The zero-order valence-electron chi connectivity index (χ0n) is 10.4. The van der Waals surface area contributed by atoms with E-state index < -0.39 is 0 Å². The molecule has 0 radical (unpaired) electrons. The Morgan fingerprint density at radius 1 is 1.44 bits per heavy atom. The Bertz CT molecular complexity index is 463. The largest absolute Gasteiger partial charge is 0.398 e. The van der Waals surface area contributed by atoms with Gasteiger partial charge in [-0.25, -0.2) is 0 Å². The number of hydrogen-bond donors (Lipinski definition) is 2. The predicted molar refractivity (Wildman–Crippen MR) is 74.2 cm³/mol. The number of benzene rings is 1. The van der Waals surface area contributed by atoms with Crippen molar-refractivity contribution in [3.63, 3.8) is 0 Å². The van der Waals surface area contributed by atoms with Crippen LogP contribution in [0.5, 0.6) is 0 Å². The molecule has 1 rings (SSSR count). The summed E-state index contributed by atoms with van der Waals surface area (Å²) in [6.07, 6.45) is 0. The zero-order chi connectivity index (χ0) is 13.7. The summed E-state index contributed by atoms with van der Waals surface area (Å²) in [4.78, 5) is 24.8. The van der Waals surface area contributed by atoms with Gasteiger partial charge in [0.25, 0.3) is 5.91 Å². The van der Waals surface area contributed by atoms with E-state index >= 15 is 0 Å². The number of carbonyl (C=O) groups is 2. The van der Waals surface area contributed by atoms with Crippen molar-refractivity contribution in [2.75, 3.05) is 25.9 Å². The van der Waals surface area contributed by atoms with Crippen LogP contribution in [0.1, 0.15) is 17.3 Å². The highest BCUT2D eigenvalue weighted by Crippen LogP contribution is 2.20. The highest BCUT2D eigenvalue weighted by atomic mass is 79.9. The van der Waals surface area contributed by atoms with Crippen molar-refractivity contribution in [2.45, 2.75) is 6.92 Å². The first-order valence-corrected chi connectivity index (χ1v) is 6.32. The number of carbonyl (C=O) groups excluding carboxylic acids is 2. The van der Waals surface area contributed by atoms with Gasteiger partial charge in [-0.3, -0.25) is 9.59 Å². The summed E-state index contributed by atoms with van der Waals surface area (Å²) in [5, 5.41) is 2.64. The van der Waals surface area contributed by atoms with Crippen LogP contribution in [0, 0.1) is 0 Å². The fraction of sp³-hybridized carbons (Fsp3) is 0.333. The van der Waals surface area contributed by atoms with Gasteiger partial charge in [0.05, 0.1) is 6.54 Å². The van der Waals surface area contributed by atoms with Crippen LogP contribution in [-0.2, 0) is 4.79 Å². The van der Waals surface area contributed by atoms with E-state index in [1.807, 2.05) is 6.92 Å². The summed E-state index contributed by atoms with van der Waals surface area (Å²) in [7, 11) is 1.59. The van der Waals surface area contributed by atoms with Gasteiger partial charge in [-0.1, -0.05) is 0 Å². The molecule has 0 aliphatic heterocycles. The Labute approximate surface area is 114 Å². The number of nitrogens with one attached hydrogen (secondary N) is 1. The van der Waals surface area contributed by atoms with Crippen molar-refractivity contribution >= 4 is 33.4 Å². The van der Waals surface area contributed by atoms with Gasteiger partial charge < -0.3 is 16.0 Å². The number of likely N-dealkylation sites (N-methyl/N-ethyl adjacent to an activating group) is 2. The van der Waals surface area contributed by atoms with Crippen LogP contribution < -0.4 is 11.1 Å². The molecule has 0 unspecified atom stereocenters. The van der Waals surface area contributed by atoms with E-state index in [1.165, 1.54) is 4.90 Å². The summed E-state index contributed by atoms with van der Waals surface area (Å²) >= 11 is 3.26. The molecule has 1 aromatic rings. The van der Waals surface area contributed by atoms with Crippen LogP contribution >= 0.6 is 15.9 Å². The number of amides is 2. The van der Waals surface area contributed by atoms with Crippen LogP contribution in [0.25, 0.3) is 0 Å². The number of nitrogens with zero attached hydrogens (tertiary/aromatic N) is 1. The lowest BCUT2D eigenvalue weighted by Crippen LogP contribution is -2.38. The van der Waals surface area contributed by atoms with Crippen molar-refractivity contribution in [3.8, 4) is 0 Å². The van der Waals surface area contributed by atoms with Gasteiger partial charge in [-0.15, -0.1) is 0 Å². The first-order chi connectivity index (χ1) is 8.45. The Kier molecular flexibility index (Phi) is 5.15. The third kappa shape index (κ3) is 3.73. The second kappa shape index (κ2) is 6.39. The van der Waals surface area contributed by atoms with E-state index in [9.17, 15) is 9.59 Å². The fourth-order valence-corrected chi connectivity index (χ4v) is 1.80. The second-order valence-corrected chi connectivity index (χ2v) is 4.71. The maximum absolute atomic E-state index is 12.0. The van der Waals surface area contributed by atoms with Gasteiger partial charge in [0.2, 0.25) is 5.91 Å². The third-order valence-corrected chi connectivity index (χ3v) is 3.04. The lowest BCUT2D eigenvalue weighted by Gasteiger charge is -2.16. The van der Waals surface area contributed by atoms with Gasteiger partial charge in [0.1, 0.15) is 0 Å². The maximum Gasteiger partial charge on any atom is 0.254 e. The van der Waals surface area contributed by atoms with Crippen LogP contribution in [-0.4, -0.2) is 36.9 Å². The smallest absolute Gasteiger partial charge is 0.254 e. The Morgan fingerprint density at radius 2 is 2.11 bits per heavy atom. The highest BCUT2D eigenvalue weighted by Gasteiger charge is 2.15. The summed E-state index contributed by atoms with van der Waals surface area (Å²) in [5.41, 5.74) is 6.71. The van der Waals surface area contributed by atoms with E-state index in [-0.39, 0.29) is 18.4 Å². The summed E-state index contributed by atoms with van der Waals surface area (Å²) < 4.78 is 0.666.